The van der Waals surface area contributed by atoms with Gasteiger partial charge in [0.15, 0.2) is 11.6 Å². The molecule has 11 heteroatoms. The number of carbonyl (C=O) groups is 2. The minimum Gasteiger partial charge on any atom is -0.474 e. The molecule has 184 valence electrons. The lowest BCUT2D eigenvalue weighted by Crippen LogP contribution is -2.28. The molecule has 4 rings (SSSR count). The molecule has 0 unspecified atom stereocenters. The number of ether oxygens (including phenoxy) is 2. The minimum atomic E-state index is -1.03. The zero-order chi connectivity index (χ0) is 24.9. The minimum absolute atomic E-state index is 0.0177. The van der Waals surface area contributed by atoms with Gasteiger partial charge in [-0.25, -0.2) is 13.8 Å². The first-order chi connectivity index (χ1) is 16.8. The van der Waals surface area contributed by atoms with Crippen LogP contribution >= 0.6 is 0 Å². The summed E-state index contributed by atoms with van der Waals surface area (Å²) in [5.41, 5.74) is 1.49. The second kappa shape index (κ2) is 10.6. The third kappa shape index (κ3) is 5.97. The molecule has 0 aliphatic heterocycles. The standard InChI is InChI=1S/C24H24F2N4O5/c1-13-15(5-10-21(27-13)34-17-7-3-14(4-8-17)23(32)33-2)11-20(31)22-29-30-24(35-22)28-16-6-9-18(25)19(26)12-16/h5-6,9-10,12,14,17H,3-4,7-8,11H2,1-2H3,(H,28,30). The fraction of sp³-hybridized carbons (Fsp3) is 0.375. The van der Waals surface area contributed by atoms with Gasteiger partial charge in [0.05, 0.1) is 13.0 Å². The van der Waals surface area contributed by atoms with Crippen molar-refractivity contribution in [1.29, 1.82) is 0 Å². The second-order valence-electron chi connectivity index (χ2n) is 8.27. The summed E-state index contributed by atoms with van der Waals surface area (Å²) in [4.78, 5) is 28.7. The smallest absolute Gasteiger partial charge is 0.320 e. The average Bonchev–Trinajstić information content (AvgIpc) is 3.32. The third-order valence-electron chi connectivity index (χ3n) is 5.85. The van der Waals surface area contributed by atoms with Crippen LogP contribution in [0.15, 0.2) is 34.7 Å². The molecule has 0 radical (unpaired) electrons. The molecular formula is C24H24F2N4O5. The summed E-state index contributed by atoms with van der Waals surface area (Å²) in [7, 11) is 1.40. The Kier molecular flexibility index (Phi) is 7.33. The number of hydrogen-bond acceptors (Lipinski definition) is 9. The molecule has 1 aliphatic carbocycles. The molecule has 35 heavy (non-hydrogen) atoms. The highest BCUT2D eigenvalue weighted by molar-refractivity contribution is 5.93. The van der Waals surface area contributed by atoms with Gasteiger partial charge in [-0.15, -0.1) is 5.10 Å². The number of benzene rings is 1. The van der Waals surface area contributed by atoms with E-state index in [0.717, 1.165) is 25.0 Å². The largest absolute Gasteiger partial charge is 0.474 e. The van der Waals surface area contributed by atoms with Crippen molar-refractivity contribution in [3.05, 3.63) is 59.1 Å². The molecule has 0 amide bonds. The quantitative estimate of drug-likeness (QED) is 0.367. The number of halogens is 2. The van der Waals surface area contributed by atoms with Gasteiger partial charge >= 0.3 is 12.0 Å². The molecule has 1 saturated carbocycles. The first-order valence-electron chi connectivity index (χ1n) is 11.1. The van der Waals surface area contributed by atoms with Gasteiger partial charge in [0.25, 0.3) is 5.89 Å². The maximum atomic E-state index is 13.3. The van der Waals surface area contributed by atoms with Crippen molar-refractivity contribution in [2.24, 2.45) is 5.92 Å². The van der Waals surface area contributed by atoms with Crippen molar-refractivity contribution < 1.29 is 32.3 Å². The van der Waals surface area contributed by atoms with Gasteiger partial charge in [-0.3, -0.25) is 9.59 Å². The first kappa shape index (κ1) is 24.2. The number of methoxy groups -OCH3 is 1. The highest BCUT2D eigenvalue weighted by atomic mass is 19.2. The molecule has 0 bridgehead atoms. The Bertz CT molecular complexity index is 1220. The van der Waals surface area contributed by atoms with Crippen molar-refractivity contribution in [3.8, 4) is 5.88 Å². The number of carbonyl (C=O) groups excluding carboxylic acids is 2. The molecule has 3 aromatic rings. The lowest BCUT2D eigenvalue weighted by molar-refractivity contribution is -0.147. The molecule has 9 nitrogen and oxygen atoms in total. The van der Waals surface area contributed by atoms with Gasteiger partial charge < -0.3 is 19.2 Å². The number of aryl methyl sites for hydroxylation is 1. The number of aromatic nitrogens is 3. The maximum absolute atomic E-state index is 13.3. The molecule has 1 aliphatic rings. The lowest BCUT2D eigenvalue weighted by Gasteiger charge is -2.27. The van der Waals surface area contributed by atoms with Crippen LogP contribution in [-0.4, -0.2) is 40.1 Å². The zero-order valence-corrected chi connectivity index (χ0v) is 19.2. The van der Waals surface area contributed by atoms with E-state index in [2.05, 4.69) is 20.5 Å². The Morgan fingerprint density at radius 1 is 1.09 bits per heavy atom. The van der Waals surface area contributed by atoms with Crippen molar-refractivity contribution in [3.63, 3.8) is 0 Å². The SMILES string of the molecule is COC(=O)C1CCC(Oc2ccc(CC(=O)c3nnc(Nc4ccc(F)c(F)c4)o3)c(C)n2)CC1. The molecular weight excluding hydrogens is 462 g/mol. The van der Waals surface area contributed by atoms with Crippen molar-refractivity contribution in [2.75, 3.05) is 12.4 Å². The van der Waals surface area contributed by atoms with Crippen LogP contribution < -0.4 is 10.1 Å². The third-order valence-corrected chi connectivity index (χ3v) is 5.85. The number of pyridine rings is 1. The number of nitrogens with one attached hydrogen (secondary N) is 1. The Balaban J connectivity index is 1.33. The normalized spacial score (nSPS) is 17.6. The van der Waals surface area contributed by atoms with Crippen LogP contribution in [0, 0.1) is 24.5 Å². The van der Waals surface area contributed by atoms with Gasteiger partial charge in [0.1, 0.15) is 6.10 Å². The molecule has 1 aromatic carbocycles. The van der Waals surface area contributed by atoms with E-state index in [4.69, 9.17) is 13.9 Å². The van der Waals surface area contributed by atoms with Crippen molar-refractivity contribution >= 4 is 23.5 Å². The Morgan fingerprint density at radius 2 is 1.86 bits per heavy atom. The first-order valence-corrected chi connectivity index (χ1v) is 11.1. The lowest BCUT2D eigenvalue weighted by atomic mass is 9.87. The number of rotatable bonds is 8. The summed E-state index contributed by atoms with van der Waals surface area (Å²) in [5, 5.41) is 10.1. The van der Waals surface area contributed by atoms with E-state index in [1.165, 1.54) is 13.2 Å². The van der Waals surface area contributed by atoms with E-state index in [1.807, 2.05) is 0 Å². The predicted octanol–water partition coefficient (Wildman–Crippen LogP) is 4.33. The fourth-order valence-corrected chi connectivity index (χ4v) is 3.91. The van der Waals surface area contributed by atoms with Crippen LogP contribution in [0.5, 0.6) is 5.88 Å². The van der Waals surface area contributed by atoms with E-state index >= 15 is 0 Å². The Hall–Kier alpha value is -3.89. The molecule has 0 atom stereocenters. The van der Waals surface area contributed by atoms with Gasteiger partial charge in [-0.05, 0) is 50.3 Å². The second-order valence-corrected chi connectivity index (χ2v) is 8.27. The summed E-state index contributed by atoms with van der Waals surface area (Å²) in [5.74, 6) is -2.47. The van der Waals surface area contributed by atoms with Gasteiger partial charge in [0.2, 0.25) is 11.7 Å². The maximum Gasteiger partial charge on any atom is 0.320 e. The van der Waals surface area contributed by atoms with Crippen LogP contribution in [0.25, 0.3) is 0 Å². The summed E-state index contributed by atoms with van der Waals surface area (Å²) in [6.07, 6.45) is 2.84. The predicted molar refractivity (Wildman–Crippen MR) is 119 cm³/mol. The number of ketones is 1. The summed E-state index contributed by atoms with van der Waals surface area (Å²) >= 11 is 0. The Morgan fingerprint density at radius 3 is 2.54 bits per heavy atom. The summed E-state index contributed by atoms with van der Waals surface area (Å²) in [6.45, 7) is 1.77. The molecule has 2 aromatic heterocycles. The van der Waals surface area contributed by atoms with E-state index in [-0.39, 0.29) is 42.0 Å². The summed E-state index contributed by atoms with van der Waals surface area (Å²) in [6, 6.07) is 6.52. The van der Waals surface area contributed by atoms with E-state index in [0.29, 0.717) is 30.0 Å². The topological polar surface area (TPSA) is 116 Å². The van der Waals surface area contributed by atoms with Crippen LogP contribution in [0.4, 0.5) is 20.5 Å². The van der Waals surface area contributed by atoms with Crippen LogP contribution in [0.1, 0.15) is 47.6 Å². The monoisotopic (exact) mass is 486 g/mol. The number of esters is 1. The number of anilines is 2. The summed E-state index contributed by atoms with van der Waals surface area (Å²) < 4.78 is 42.5. The van der Waals surface area contributed by atoms with Gasteiger partial charge in [0, 0.05) is 29.9 Å². The van der Waals surface area contributed by atoms with E-state index < -0.39 is 17.4 Å². The molecule has 1 N–H and O–H groups in total. The van der Waals surface area contributed by atoms with Crippen LogP contribution in [-0.2, 0) is 16.0 Å². The molecule has 2 heterocycles. The molecule has 0 spiro atoms. The molecule has 0 saturated heterocycles. The van der Waals surface area contributed by atoms with E-state index in [9.17, 15) is 18.4 Å². The van der Waals surface area contributed by atoms with Crippen LogP contribution in [0.3, 0.4) is 0 Å². The molecule has 1 fully saturated rings. The fourth-order valence-electron chi connectivity index (χ4n) is 3.91. The van der Waals surface area contributed by atoms with Gasteiger partial charge in [-0.2, -0.15) is 0 Å². The van der Waals surface area contributed by atoms with Gasteiger partial charge in [-0.1, -0.05) is 11.2 Å². The van der Waals surface area contributed by atoms with E-state index in [1.54, 1.807) is 19.1 Å². The Labute approximate surface area is 199 Å². The highest BCUT2D eigenvalue weighted by Crippen LogP contribution is 2.28. The highest BCUT2D eigenvalue weighted by Gasteiger charge is 2.28. The van der Waals surface area contributed by atoms with Crippen LogP contribution in [0.2, 0.25) is 0 Å². The zero-order valence-electron chi connectivity index (χ0n) is 19.2. The van der Waals surface area contributed by atoms with Crippen molar-refractivity contribution in [1.82, 2.24) is 15.2 Å². The number of nitrogens with zero attached hydrogens (tertiary/aromatic N) is 3. The number of hydrogen-bond donors (Lipinski definition) is 1. The number of Topliss-reactive ketones (excluding diaryl/α,β-unsaturated/α-hetero) is 1. The van der Waals surface area contributed by atoms with Crippen molar-refractivity contribution in [2.45, 2.75) is 45.1 Å². The average molecular weight is 486 g/mol.